The zero-order valence-corrected chi connectivity index (χ0v) is 14.2. The van der Waals surface area contributed by atoms with Crippen molar-refractivity contribution in [3.63, 3.8) is 0 Å². The van der Waals surface area contributed by atoms with Gasteiger partial charge in [-0.25, -0.2) is 0 Å². The molecular formula is C19H28N2O3. The highest BCUT2D eigenvalue weighted by molar-refractivity contribution is 5.95. The van der Waals surface area contributed by atoms with Crippen molar-refractivity contribution < 1.29 is 14.3 Å². The van der Waals surface area contributed by atoms with E-state index in [-0.39, 0.29) is 18.1 Å². The molecule has 5 nitrogen and oxygen atoms in total. The van der Waals surface area contributed by atoms with Crippen LogP contribution in [-0.2, 0) is 0 Å². The van der Waals surface area contributed by atoms with Crippen LogP contribution in [0.3, 0.4) is 0 Å². The summed E-state index contributed by atoms with van der Waals surface area (Å²) in [4.78, 5) is 15.0. The summed E-state index contributed by atoms with van der Waals surface area (Å²) < 4.78 is 5.51. The maximum absolute atomic E-state index is 12.5. The minimum atomic E-state index is -0.170. The number of amides is 1. The summed E-state index contributed by atoms with van der Waals surface area (Å²) >= 11 is 0. The van der Waals surface area contributed by atoms with Gasteiger partial charge in [0.2, 0.25) is 0 Å². The second-order valence-electron chi connectivity index (χ2n) is 7.68. The number of carbonyl (C=O) groups excluding carboxylic acids is 1. The van der Waals surface area contributed by atoms with E-state index in [1.54, 1.807) is 12.3 Å². The van der Waals surface area contributed by atoms with E-state index >= 15 is 0 Å². The van der Waals surface area contributed by atoms with Crippen LogP contribution in [0.5, 0.6) is 0 Å². The maximum atomic E-state index is 12.5. The lowest BCUT2D eigenvalue weighted by atomic mass is 9.89. The molecule has 2 aliphatic carbocycles. The molecule has 0 aromatic carbocycles. The van der Waals surface area contributed by atoms with Crippen LogP contribution in [0.1, 0.15) is 73.4 Å². The van der Waals surface area contributed by atoms with Crippen LogP contribution < -0.4 is 5.32 Å². The van der Waals surface area contributed by atoms with Crippen molar-refractivity contribution in [2.45, 2.75) is 75.5 Å². The molecule has 2 heterocycles. The average Bonchev–Trinajstić information content (AvgIpc) is 3.32. The van der Waals surface area contributed by atoms with E-state index in [4.69, 9.17) is 4.42 Å². The highest BCUT2D eigenvalue weighted by Gasteiger charge is 2.34. The number of nitrogens with zero attached hydrogens (tertiary/aromatic N) is 1. The van der Waals surface area contributed by atoms with Crippen molar-refractivity contribution in [1.29, 1.82) is 0 Å². The van der Waals surface area contributed by atoms with E-state index in [2.05, 4.69) is 10.2 Å². The molecular weight excluding hydrogens is 304 g/mol. The van der Waals surface area contributed by atoms with Gasteiger partial charge < -0.3 is 14.8 Å². The maximum Gasteiger partial charge on any atom is 0.255 e. The van der Waals surface area contributed by atoms with Crippen LogP contribution in [0.15, 0.2) is 16.7 Å². The second-order valence-corrected chi connectivity index (χ2v) is 7.68. The molecule has 2 N–H and O–H groups in total. The fraction of sp³-hybridized carbons (Fsp3) is 0.737. The lowest BCUT2D eigenvalue weighted by Gasteiger charge is -2.41. The first-order valence-corrected chi connectivity index (χ1v) is 9.52. The Balaban J connectivity index is 1.30. The molecule has 1 aromatic heterocycles. The van der Waals surface area contributed by atoms with Gasteiger partial charge >= 0.3 is 0 Å². The largest absolute Gasteiger partial charge is 0.468 e. The van der Waals surface area contributed by atoms with E-state index in [0.29, 0.717) is 12.0 Å². The van der Waals surface area contributed by atoms with Gasteiger partial charge in [-0.1, -0.05) is 12.8 Å². The summed E-state index contributed by atoms with van der Waals surface area (Å²) in [5.41, 5.74) is 0.725. The monoisotopic (exact) mass is 332 g/mol. The topological polar surface area (TPSA) is 65.7 Å². The zero-order valence-electron chi connectivity index (χ0n) is 14.2. The molecule has 1 amide bonds. The fourth-order valence-corrected chi connectivity index (χ4v) is 4.33. The predicted octanol–water partition coefficient (Wildman–Crippen LogP) is 2.65. The Morgan fingerprint density at radius 3 is 2.58 bits per heavy atom. The molecule has 5 heteroatoms. The Hall–Kier alpha value is -1.33. The van der Waals surface area contributed by atoms with Gasteiger partial charge in [-0.2, -0.15) is 0 Å². The van der Waals surface area contributed by atoms with Crippen LogP contribution in [0.4, 0.5) is 0 Å². The van der Waals surface area contributed by atoms with Crippen LogP contribution >= 0.6 is 0 Å². The number of hydrogen-bond acceptors (Lipinski definition) is 4. The summed E-state index contributed by atoms with van der Waals surface area (Å²) in [6, 6.07) is 2.36. The molecule has 2 atom stereocenters. The number of hydrogen-bond donors (Lipinski definition) is 2. The molecule has 24 heavy (non-hydrogen) atoms. The first-order chi connectivity index (χ1) is 11.7. The third kappa shape index (κ3) is 3.38. The highest BCUT2D eigenvalue weighted by Crippen LogP contribution is 2.42. The Labute approximate surface area is 143 Å². The number of likely N-dealkylation sites (tertiary alicyclic amines) is 1. The van der Waals surface area contributed by atoms with Gasteiger partial charge in [0, 0.05) is 31.1 Å². The predicted molar refractivity (Wildman–Crippen MR) is 91.0 cm³/mol. The van der Waals surface area contributed by atoms with Gasteiger partial charge in [0.05, 0.1) is 17.9 Å². The van der Waals surface area contributed by atoms with E-state index < -0.39 is 0 Å². The van der Waals surface area contributed by atoms with E-state index in [0.717, 1.165) is 69.4 Å². The zero-order chi connectivity index (χ0) is 16.5. The van der Waals surface area contributed by atoms with Crippen LogP contribution in [-0.4, -0.2) is 47.2 Å². The van der Waals surface area contributed by atoms with Gasteiger partial charge in [-0.3, -0.25) is 9.69 Å². The molecule has 3 fully saturated rings. The average molecular weight is 332 g/mol. The smallest absolute Gasteiger partial charge is 0.255 e. The lowest BCUT2D eigenvalue weighted by molar-refractivity contribution is 0.00727. The third-order valence-corrected chi connectivity index (χ3v) is 5.92. The number of piperidine rings is 1. The van der Waals surface area contributed by atoms with E-state index in [1.807, 2.05) is 0 Å². The molecule has 0 unspecified atom stereocenters. The van der Waals surface area contributed by atoms with Crippen molar-refractivity contribution in [3.05, 3.63) is 23.7 Å². The van der Waals surface area contributed by atoms with Gasteiger partial charge in [-0.15, -0.1) is 0 Å². The molecule has 1 aromatic rings. The van der Waals surface area contributed by atoms with Crippen LogP contribution in [0.25, 0.3) is 0 Å². The SMILES string of the molecule is O=C(NC1CCN([C@@H]2CCCC[C@@H]2O)CC1)c1ccoc1C1CC1. The molecule has 132 valence electrons. The Bertz CT molecular complexity index is 573. The molecule has 3 aliphatic rings. The third-order valence-electron chi connectivity index (χ3n) is 5.92. The van der Waals surface area contributed by atoms with E-state index in [9.17, 15) is 9.90 Å². The number of carbonyl (C=O) groups is 1. The summed E-state index contributed by atoms with van der Waals surface area (Å²) in [5.74, 6) is 1.34. The summed E-state index contributed by atoms with van der Waals surface area (Å²) in [7, 11) is 0. The van der Waals surface area contributed by atoms with Crippen LogP contribution in [0.2, 0.25) is 0 Å². The molecule has 2 saturated carbocycles. The van der Waals surface area contributed by atoms with Crippen molar-refractivity contribution in [2.75, 3.05) is 13.1 Å². The summed E-state index contributed by atoms with van der Waals surface area (Å²) in [6.45, 7) is 1.93. The summed E-state index contributed by atoms with van der Waals surface area (Å²) in [6.07, 6.45) is 10.1. The van der Waals surface area contributed by atoms with Gasteiger partial charge in [-0.05, 0) is 44.6 Å². The van der Waals surface area contributed by atoms with Gasteiger partial charge in [0.15, 0.2) is 0 Å². The van der Waals surface area contributed by atoms with Crippen molar-refractivity contribution in [3.8, 4) is 0 Å². The molecule has 0 radical (unpaired) electrons. The minimum Gasteiger partial charge on any atom is -0.468 e. The summed E-state index contributed by atoms with van der Waals surface area (Å²) in [5, 5.41) is 13.4. The van der Waals surface area contributed by atoms with Crippen molar-refractivity contribution >= 4 is 5.91 Å². The first-order valence-electron chi connectivity index (χ1n) is 9.52. The Kier molecular flexibility index (Phi) is 4.63. The number of nitrogens with one attached hydrogen (secondary N) is 1. The Morgan fingerprint density at radius 2 is 1.88 bits per heavy atom. The standard InChI is InChI=1S/C19H28N2O3/c22-17-4-2-1-3-16(17)21-10-7-14(8-11-21)20-19(23)15-9-12-24-18(15)13-5-6-13/h9,12-14,16-17,22H,1-8,10-11H2,(H,20,23)/t16-,17+/m1/s1. The molecule has 4 rings (SSSR count). The lowest BCUT2D eigenvalue weighted by Crippen LogP contribution is -2.52. The molecule has 1 aliphatic heterocycles. The van der Waals surface area contributed by atoms with Crippen molar-refractivity contribution in [2.24, 2.45) is 0 Å². The molecule has 1 saturated heterocycles. The van der Waals surface area contributed by atoms with E-state index in [1.165, 1.54) is 6.42 Å². The van der Waals surface area contributed by atoms with Gasteiger partial charge in [0.1, 0.15) is 5.76 Å². The molecule has 0 spiro atoms. The minimum absolute atomic E-state index is 0.0156. The second kappa shape index (κ2) is 6.89. The number of aliphatic hydroxyl groups excluding tert-OH is 1. The highest BCUT2D eigenvalue weighted by atomic mass is 16.3. The quantitative estimate of drug-likeness (QED) is 0.890. The normalized spacial score (nSPS) is 29.5. The van der Waals surface area contributed by atoms with Crippen LogP contribution in [0, 0.1) is 0 Å². The Morgan fingerprint density at radius 1 is 1.12 bits per heavy atom. The van der Waals surface area contributed by atoms with Crippen molar-refractivity contribution in [1.82, 2.24) is 10.2 Å². The number of rotatable bonds is 4. The first kappa shape index (κ1) is 16.2. The fourth-order valence-electron chi connectivity index (χ4n) is 4.33. The number of aliphatic hydroxyl groups is 1. The number of furan rings is 1. The van der Waals surface area contributed by atoms with Gasteiger partial charge in [0.25, 0.3) is 5.91 Å². The molecule has 0 bridgehead atoms.